The highest BCUT2D eigenvalue weighted by molar-refractivity contribution is 7.09. The summed E-state index contributed by atoms with van der Waals surface area (Å²) in [5.74, 6) is 1.30. The Kier molecular flexibility index (Phi) is 4.10. The largest absolute Gasteiger partial charge is 0.486 e. The Bertz CT molecular complexity index is 637. The van der Waals surface area contributed by atoms with Crippen LogP contribution in [0.5, 0.6) is 11.5 Å². The van der Waals surface area contributed by atoms with Crippen molar-refractivity contribution in [3.05, 3.63) is 45.6 Å². The zero-order valence-electron chi connectivity index (χ0n) is 11.8. The second-order valence-electron chi connectivity index (χ2n) is 4.90. The summed E-state index contributed by atoms with van der Waals surface area (Å²) < 4.78 is 11.0. The summed E-state index contributed by atoms with van der Waals surface area (Å²) in [6.45, 7) is 3.62. The van der Waals surface area contributed by atoms with E-state index in [2.05, 4.69) is 11.4 Å². The Morgan fingerprint density at radius 1 is 1.29 bits per heavy atom. The Morgan fingerprint density at radius 2 is 2.05 bits per heavy atom. The van der Waals surface area contributed by atoms with Gasteiger partial charge in [-0.25, -0.2) is 0 Å². The minimum Gasteiger partial charge on any atom is -0.486 e. The molecular weight excluding hydrogens is 286 g/mol. The predicted molar refractivity (Wildman–Crippen MR) is 82.5 cm³/mol. The zero-order valence-corrected chi connectivity index (χ0v) is 12.7. The van der Waals surface area contributed by atoms with E-state index in [1.807, 2.05) is 24.4 Å². The number of nitrogens with one attached hydrogen (secondary N) is 1. The predicted octanol–water partition coefficient (Wildman–Crippen LogP) is 2.80. The Hall–Kier alpha value is -2.01. The van der Waals surface area contributed by atoms with Crippen LogP contribution in [0.3, 0.4) is 0 Å². The number of fused-ring (bicyclic) bond motifs is 1. The van der Waals surface area contributed by atoms with Gasteiger partial charge in [0.2, 0.25) is 0 Å². The molecule has 0 spiro atoms. The third-order valence-electron chi connectivity index (χ3n) is 3.37. The average Bonchev–Trinajstić information content (AvgIpc) is 2.99. The summed E-state index contributed by atoms with van der Waals surface area (Å²) in [5.41, 5.74) is 1.54. The van der Waals surface area contributed by atoms with Crippen LogP contribution in [-0.2, 0) is 6.42 Å². The monoisotopic (exact) mass is 303 g/mol. The fourth-order valence-electron chi connectivity index (χ4n) is 2.28. The molecule has 1 aromatic heterocycles. The van der Waals surface area contributed by atoms with Gasteiger partial charge in [0, 0.05) is 17.0 Å². The summed E-state index contributed by atoms with van der Waals surface area (Å²) in [5, 5.41) is 5.00. The molecule has 1 N–H and O–H groups in total. The van der Waals surface area contributed by atoms with Crippen LogP contribution in [0, 0.1) is 6.92 Å². The van der Waals surface area contributed by atoms with Crippen LogP contribution in [0.2, 0.25) is 0 Å². The van der Waals surface area contributed by atoms with Gasteiger partial charge in [-0.1, -0.05) is 6.07 Å². The first-order valence-electron chi connectivity index (χ1n) is 6.95. The van der Waals surface area contributed by atoms with Crippen LogP contribution in [-0.4, -0.2) is 25.7 Å². The second-order valence-corrected chi connectivity index (χ2v) is 5.93. The highest BCUT2D eigenvalue weighted by Gasteiger charge is 2.17. The molecule has 0 bridgehead atoms. The van der Waals surface area contributed by atoms with E-state index in [4.69, 9.17) is 9.47 Å². The van der Waals surface area contributed by atoms with Gasteiger partial charge in [0.05, 0.1) is 0 Å². The minimum absolute atomic E-state index is 0.0685. The Labute approximate surface area is 127 Å². The van der Waals surface area contributed by atoms with Crippen molar-refractivity contribution < 1.29 is 14.3 Å². The Morgan fingerprint density at radius 3 is 2.76 bits per heavy atom. The maximum absolute atomic E-state index is 12.3. The average molecular weight is 303 g/mol. The number of rotatable bonds is 4. The van der Waals surface area contributed by atoms with Gasteiger partial charge in [-0.3, -0.25) is 4.79 Å². The zero-order chi connectivity index (χ0) is 14.7. The van der Waals surface area contributed by atoms with Crippen LogP contribution in [0.1, 0.15) is 20.8 Å². The van der Waals surface area contributed by atoms with Crippen LogP contribution < -0.4 is 14.8 Å². The lowest BCUT2D eigenvalue weighted by Crippen LogP contribution is -2.26. The molecule has 0 fully saturated rings. The van der Waals surface area contributed by atoms with Gasteiger partial charge in [-0.05, 0) is 42.5 Å². The van der Waals surface area contributed by atoms with Crippen LogP contribution in [0.4, 0.5) is 0 Å². The van der Waals surface area contributed by atoms with E-state index in [0.29, 0.717) is 36.8 Å². The molecule has 21 heavy (non-hydrogen) atoms. The number of aryl methyl sites for hydroxylation is 1. The number of thiophene rings is 1. The van der Waals surface area contributed by atoms with Crippen LogP contribution >= 0.6 is 11.3 Å². The molecule has 0 saturated carbocycles. The van der Waals surface area contributed by atoms with E-state index in [0.717, 1.165) is 12.0 Å². The fourth-order valence-corrected chi connectivity index (χ4v) is 2.99. The number of amides is 1. The van der Waals surface area contributed by atoms with Gasteiger partial charge in [0.25, 0.3) is 5.91 Å². The first kappa shape index (κ1) is 13.9. The van der Waals surface area contributed by atoms with Crippen molar-refractivity contribution in [2.24, 2.45) is 0 Å². The molecule has 1 amide bonds. The smallest absolute Gasteiger partial charge is 0.251 e. The number of hydrogen-bond acceptors (Lipinski definition) is 4. The van der Waals surface area contributed by atoms with Gasteiger partial charge in [0.1, 0.15) is 13.2 Å². The lowest BCUT2D eigenvalue weighted by Gasteiger charge is -2.20. The van der Waals surface area contributed by atoms with Crippen molar-refractivity contribution in [3.8, 4) is 11.5 Å². The summed E-state index contributed by atoms with van der Waals surface area (Å²) >= 11 is 1.70. The molecule has 1 aliphatic heterocycles. The van der Waals surface area contributed by atoms with Gasteiger partial charge < -0.3 is 14.8 Å². The van der Waals surface area contributed by atoms with Crippen LogP contribution in [0.25, 0.3) is 0 Å². The fraction of sp³-hybridized carbons (Fsp3) is 0.312. The van der Waals surface area contributed by atoms with E-state index in [9.17, 15) is 4.79 Å². The molecule has 1 aromatic carbocycles. The van der Waals surface area contributed by atoms with Gasteiger partial charge in [-0.2, -0.15) is 0 Å². The number of carbonyl (C=O) groups is 1. The summed E-state index contributed by atoms with van der Waals surface area (Å²) in [7, 11) is 0. The number of carbonyl (C=O) groups excluding carboxylic acids is 1. The molecule has 2 heterocycles. The summed E-state index contributed by atoms with van der Waals surface area (Å²) in [4.78, 5) is 13.5. The lowest BCUT2D eigenvalue weighted by molar-refractivity contribution is 0.0952. The second kappa shape index (κ2) is 6.18. The van der Waals surface area contributed by atoms with Gasteiger partial charge in [0.15, 0.2) is 11.5 Å². The molecule has 0 aliphatic carbocycles. The van der Waals surface area contributed by atoms with E-state index >= 15 is 0 Å². The number of ether oxygens (including phenoxy) is 2. The molecule has 0 saturated heterocycles. The normalized spacial score (nSPS) is 13.0. The van der Waals surface area contributed by atoms with Crippen molar-refractivity contribution in [1.82, 2.24) is 5.32 Å². The van der Waals surface area contributed by atoms with E-state index in [-0.39, 0.29) is 5.91 Å². The maximum atomic E-state index is 12.3. The van der Waals surface area contributed by atoms with Crippen molar-refractivity contribution >= 4 is 17.2 Å². The van der Waals surface area contributed by atoms with E-state index in [1.54, 1.807) is 17.4 Å². The SMILES string of the molecule is Cc1cc2c(cc1C(=O)NCCc1cccs1)OCCO2. The molecule has 1 aliphatic rings. The van der Waals surface area contributed by atoms with Gasteiger partial charge in [-0.15, -0.1) is 11.3 Å². The lowest BCUT2D eigenvalue weighted by atomic mass is 10.1. The molecule has 0 radical (unpaired) electrons. The molecule has 4 nitrogen and oxygen atoms in total. The first-order chi connectivity index (χ1) is 10.2. The van der Waals surface area contributed by atoms with Crippen molar-refractivity contribution in [1.29, 1.82) is 0 Å². The third kappa shape index (κ3) is 3.19. The molecule has 0 unspecified atom stereocenters. The van der Waals surface area contributed by atoms with Gasteiger partial charge >= 0.3 is 0 Å². The molecule has 5 heteroatoms. The highest BCUT2D eigenvalue weighted by atomic mass is 32.1. The number of benzene rings is 1. The summed E-state index contributed by atoms with van der Waals surface area (Å²) in [6, 6.07) is 7.73. The quantitative estimate of drug-likeness (QED) is 0.945. The summed E-state index contributed by atoms with van der Waals surface area (Å²) in [6.07, 6.45) is 0.854. The highest BCUT2D eigenvalue weighted by Crippen LogP contribution is 2.32. The van der Waals surface area contributed by atoms with Crippen LogP contribution in [0.15, 0.2) is 29.6 Å². The topological polar surface area (TPSA) is 47.6 Å². The standard InChI is InChI=1S/C16H17NO3S/c1-11-9-14-15(20-7-6-19-14)10-13(11)16(18)17-5-4-12-3-2-8-21-12/h2-3,8-10H,4-7H2,1H3,(H,17,18). The molecule has 0 atom stereocenters. The number of hydrogen-bond donors (Lipinski definition) is 1. The van der Waals surface area contributed by atoms with E-state index in [1.165, 1.54) is 4.88 Å². The Balaban J connectivity index is 1.66. The van der Waals surface area contributed by atoms with Crippen molar-refractivity contribution in [2.45, 2.75) is 13.3 Å². The van der Waals surface area contributed by atoms with Crippen molar-refractivity contribution in [2.75, 3.05) is 19.8 Å². The third-order valence-corrected chi connectivity index (χ3v) is 4.31. The molecular formula is C16H17NO3S. The molecule has 2 aromatic rings. The van der Waals surface area contributed by atoms with Crippen molar-refractivity contribution in [3.63, 3.8) is 0 Å². The minimum atomic E-state index is -0.0685. The molecule has 110 valence electrons. The first-order valence-corrected chi connectivity index (χ1v) is 7.83. The maximum Gasteiger partial charge on any atom is 0.251 e. The molecule has 3 rings (SSSR count). The van der Waals surface area contributed by atoms with E-state index < -0.39 is 0 Å².